The van der Waals surface area contributed by atoms with Crippen LogP contribution in [0.4, 0.5) is 0 Å². The van der Waals surface area contributed by atoms with Gasteiger partial charge in [-0.05, 0) is 32.2 Å². The molecule has 1 atom stereocenters. The molecule has 0 bridgehead atoms. The Morgan fingerprint density at radius 1 is 1.42 bits per heavy atom. The SMILES string of the molecule is CN(C(=O)C1CCCN1)C1CC1. The maximum absolute atomic E-state index is 11.7. The van der Waals surface area contributed by atoms with Crippen molar-refractivity contribution in [3.8, 4) is 0 Å². The summed E-state index contributed by atoms with van der Waals surface area (Å²) in [5.41, 5.74) is 0. The summed E-state index contributed by atoms with van der Waals surface area (Å²) in [4.78, 5) is 13.6. The van der Waals surface area contributed by atoms with E-state index in [0.29, 0.717) is 11.9 Å². The van der Waals surface area contributed by atoms with Gasteiger partial charge in [-0.25, -0.2) is 0 Å². The topological polar surface area (TPSA) is 32.3 Å². The van der Waals surface area contributed by atoms with E-state index in [9.17, 15) is 4.79 Å². The van der Waals surface area contributed by atoms with Crippen molar-refractivity contribution in [1.82, 2.24) is 10.2 Å². The summed E-state index contributed by atoms with van der Waals surface area (Å²) >= 11 is 0. The van der Waals surface area contributed by atoms with Crippen molar-refractivity contribution in [2.24, 2.45) is 0 Å². The third kappa shape index (κ3) is 1.46. The van der Waals surface area contributed by atoms with Crippen LogP contribution in [0.1, 0.15) is 25.7 Å². The van der Waals surface area contributed by atoms with Gasteiger partial charge in [-0.3, -0.25) is 4.79 Å². The van der Waals surface area contributed by atoms with Crippen LogP contribution >= 0.6 is 0 Å². The summed E-state index contributed by atoms with van der Waals surface area (Å²) in [7, 11) is 1.93. The van der Waals surface area contributed by atoms with Crippen LogP contribution in [0.3, 0.4) is 0 Å². The fourth-order valence-electron chi connectivity index (χ4n) is 1.78. The van der Waals surface area contributed by atoms with E-state index in [-0.39, 0.29) is 6.04 Å². The van der Waals surface area contributed by atoms with Gasteiger partial charge in [0.25, 0.3) is 0 Å². The average molecular weight is 168 g/mol. The summed E-state index contributed by atoms with van der Waals surface area (Å²) in [5.74, 6) is 0.301. The van der Waals surface area contributed by atoms with Gasteiger partial charge in [-0.2, -0.15) is 0 Å². The minimum atomic E-state index is 0.121. The third-order valence-corrected chi connectivity index (χ3v) is 2.80. The number of nitrogens with zero attached hydrogens (tertiary/aromatic N) is 1. The molecular weight excluding hydrogens is 152 g/mol. The minimum absolute atomic E-state index is 0.121. The Morgan fingerprint density at radius 3 is 2.67 bits per heavy atom. The van der Waals surface area contributed by atoms with Crippen LogP contribution in [0, 0.1) is 0 Å². The Bertz CT molecular complexity index is 179. The zero-order valence-electron chi connectivity index (χ0n) is 7.55. The van der Waals surface area contributed by atoms with Crippen molar-refractivity contribution in [3.63, 3.8) is 0 Å². The van der Waals surface area contributed by atoms with Gasteiger partial charge in [0.1, 0.15) is 0 Å². The van der Waals surface area contributed by atoms with Gasteiger partial charge in [0.2, 0.25) is 5.91 Å². The number of hydrogen-bond acceptors (Lipinski definition) is 2. The summed E-state index contributed by atoms with van der Waals surface area (Å²) in [6.07, 6.45) is 4.58. The van der Waals surface area contributed by atoms with Gasteiger partial charge in [0, 0.05) is 13.1 Å². The van der Waals surface area contributed by atoms with Crippen LogP contribution in [-0.4, -0.2) is 36.5 Å². The van der Waals surface area contributed by atoms with Crippen molar-refractivity contribution in [1.29, 1.82) is 0 Å². The number of carbonyl (C=O) groups is 1. The summed E-state index contributed by atoms with van der Waals surface area (Å²) in [5, 5.41) is 3.23. The minimum Gasteiger partial charge on any atom is -0.341 e. The predicted molar refractivity (Wildman–Crippen MR) is 46.8 cm³/mol. The first-order chi connectivity index (χ1) is 5.79. The zero-order chi connectivity index (χ0) is 8.55. The summed E-state index contributed by atoms with van der Waals surface area (Å²) in [6, 6.07) is 0.676. The van der Waals surface area contributed by atoms with Crippen LogP contribution < -0.4 is 5.32 Å². The molecule has 68 valence electrons. The average Bonchev–Trinajstić information content (AvgIpc) is 2.79. The van der Waals surface area contributed by atoms with E-state index in [0.717, 1.165) is 19.4 Å². The molecule has 0 aromatic rings. The van der Waals surface area contributed by atoms with Gasteiger partial charge in [0.05, 0.1) is 6.04 Å². The Kier molecular flexibility index (Phi) is 2.05. The molecular formula is C9H16N2O. The van der Waals surface area contributed by atoms with Crippen molar-refractivity contribution < 1.29 is 4.79 Å². The maximum Gasteiger partial charge on any atom is 0.239 e. The second kappa shape index (κ2) is 3.05. The van der Waals surface area contributed by atoms with E-state index in [4.69, 9.17) is 0 Å². The molecule has 2 aliphatic rings. The fraction of sp³-hybridized carbons (Fsp3) is 0.889. The molecule has 3 heteroatoms. The second-order valence-electron chi connectivity index (χ2n) is 3.83. The van der Waals surface area contributed by atoms with Crippen LogP contribution in [0.15, 0.2) is 0 Å². The molecule has 1 heterocycles. The van der Waals surface area contributed by atoms with Gasteiger partial charge in [-0.15, -0.1) is 0 Å². The molecule has 2 rings (SSSR count). The molecule has 1 saturated heterocycles. The Hall–Kier alpha value is -0.570. The van der Waals surface area contributed by atoms with Gasteiger partial charge in [0.15, 0.2) is 0 Å². The monoisotopic (exact) mass is 168 g/mol. The highest BCUT2D eigenvalue weighted by atomic mass is 16.2. The summed E-state index contributed by atoms with van der Waals surface area (Å²) in [6.45, 7) is 1.01. The molecule has 1 amide bonds. The first-order valence-corrected chi connectivity index (χ1v) is 4.79. The molecule has 1 saturated carbocycles. The molecule has 1 aliphatic carbocycles. The maximum atomic E-state index is 11.7. The van der Waals surface area contributed by atoms with Crippen molar-refractivity contribution in [2.75, 3.05) is 13.6 Å². The Labute approximate surface area is 73.1 Å². The smallest absolute Gasteiger partial charge is 0.239 e. The third-order valence-electron chi connectivity index (χ3n) is 2.80. The number of amides is 1. The molecule has 0 aromatic carbocycles. The molecule has 1 aliphatic heterocycles. The lowest BCUT2D eigenvalue weighted by Gasteiger charge is -2.20. The fourth-order valence-corrected chi connectivity index (χ4v) is 1.78. The second-order valence-corrected chi connectivity index (χ2v) is 3.83. The first-order valence-electron chi connectivity index (χ1n) is 4.79. The van der Waals surface area contributed by atoms with E-state index in [1.807, 2.05) is 11.9 Å². The van der Waals surface area contributed by atoms with E-state index < -0.39 is 0 Å². The van der Waals surface area contributed by atoms with E-state index in [1.165, 1.54) is 12.8 Å². The lowest BCUT2D eigenvalue weighted by molar-refractivity contribution is -0.132. The molecule has 0 aromatic heterocycles. The molecule has 12 heavy (non-hydrogen) atoms. The van der Waals surface area contributed by atoms with Gasteiger partial charge >= 0.3 is 0 Å². The lowest BCUT2D eigenvalue weighted by Crippen LogP contribution is -2.42. The molecule has 3 nitrogen and oxygen atoms in total. The molecule has 1 N–H and O–H groups in total. The van der Waals surface area contributed by atoms with Crippen LogP contribution in [-0.2, 0) is 4.79 Å². The Balaban J connectivity index is 1.88. The molecule has 2 fully saturated rings. The zero-order valence-corrected chi connectivity index (χ0v) is 7.55. The number of nitrogens with one attached hydrogen (secondary N) is 1. The normalized spacial score (nSPS) is 28.9. The highest BCUT2D eigenvalue weighted by Crippen LogP contribution is 2.26. The number of likely N-dealkylation sites (N-methyl/N-ethyl adjacent to an activating group) is 1. The first kappa shape index (κ1) is 8.05. The van der Waals surface area contributed by atoms with Crippen molar-refractivity contribution in [2.45, 2.75) is 37.8 Å². The lowest BCUT2D eigenvalue weighted by atomic mass is 10.2. The number of carbonyl (C=O) groups excluding carboxylic acids is 1. The van der Waals surface area contributed by atoms with Crippen LogP contribution in [0.2, 0.25) is 0 Å². The van der Waals surface area contributed by atoms with Crippen LogP contribution in [0.5, 0.6) is 0 Å². The highest BCUT2D eigenvalue weighted by Gasteiger charge is 2.33. The predicted octanol–water partition coefficient (Wildman–Crippen LogP) is 0.359. The van der Waals surface area contributed by atoms with E-state index in [2.05, 4.69) is 5.32 Å². The van der Waals surface area contributed by atoms with Gasteiger partial charge in [-0.1, -0.05) is 0 Å². The van der Waals surface area contributed by atoms with Crippen molar-refractivity contribution >= 4 is 5.91 Å². The van der Waals surface area contributed by atoms with Gasteiger partial charge < -0.3 is 10.2 Å². The highest BCUT2D eigenvalue weighted by molar-refractivity contribution is 5.82. The van der Waals surface area contributed by atoms with Crippen molar-refractivity contribution in [3.05, 3.63) is 0 Å². The number of hydrogen-bond donors (Lipinski definition) is 1. The Morgan fingerprint density at radius 2 is 2.17 bits per heavy atom. The molecule has 1 unspecified atom stereocenters. The molecule has 0 spiro atoms. The quantitative estimate of drug-likeness (QED) is 0.645. The number of rotatable bonds is 2. The van der Waals surface area contributed by atoms with E-state index in [1.54, 1.807) is 0 Å². The standard InChI is InChI=1S/C9H16N2O/c1-11(7-4-5-7)9(12)8-3-2-6-10-8/h7-8,10H,2-6H2,1H3. The largest absolute Gasteiger partial charge is 0.341 e. The van der Waals surface area contributed by atoms with E-state index >= 15 is 0 Å². The summed E-state index contributed by atoms with van der Waals surface area (Å²) < 4.78 is 0. The van der Waals surface area contributed by atoms with Crippen LogP contribution in [0.25, 0.3) is 0 Å². The molecule has 0 radical (unpaired) electrons.